The molecule has 0 saturated carbocycles. The van der Waals surface area contributed by atoms with Gasteiger partial charge in [0, 0.05) is 63.0 Å². The molecular weight excluding hydrogens is 584 g/mol. The van der Waals surface area contributed by atoms with Crippen molar-refractivity contribution < 1.29 is 23.1 Å². The quantitative estimate of drug-likeness (QED) is 0.368. The second-order valence-corrected chi connectivity index (χ2v) is 13.2. The maximum Gasteiger partial charge on any atom is 0.412 e. The molecule has 2 aliphatic rings. The fraction of sp³-hybridized carbons (Fsp3) is 0.424. The van der Waals surface area contributed by atoms with E-state index in [9.17, 15) is 18.4 Å². The largest absolute Gasteiger partial charge is 0.444 e. The number of benzene rings is 2. The smallest absolute Gasteiger partial charge is 0.412 e. The minimum absolute atomic E-state index is 0.121. The predicted octanol–water partition coefficient (Wildman–Crippen LogP) is 5.23. The maximum atomic E-state index is 13.7. The van der Waals surface area contributed by atoms with E-state index in [1.165, 1.54) is 40.9 Å². The molecule has 2 fully saturated rings. The number of nitrogens with zero attached hydrogens (tertiary/aromatic N) is 4. The number of piperazine rings is 1. The summed E-state index contributed by atoms with van der Waals surface area (Å²) in [5.41, 5.74) is 2.05. The van der Waals surface area contributed by atoms with Crippen LogP contribution in [0.25, 0.3) is 0 Å². The first kappa shape index (κ1) is 31.9. The predicted molar refractivity (Wildman–Crippen MR) is 167 cm³/mol. The molecule has 1 aromatic heterocycles. The highest BCUT2D eigenvalue weighted by Gasteiger charge is 2.44. The van der Waals surface area contributed by atoms with Crippen molar-refractivity contribution in [2.75, 3.05) is 45.0 Å². The van der Waals surface area contributed by atoms with Crippen molar-refractivity contribution in [1.29, 1.82) is 0 Å². The summed E-state index contributed by atoms with van der Waals surface area (Å²) < 4.78 is 33.0. The lowest BCUT2D eigenvalue weighted by atomic mass is 9.96. The van der Waals surface area contributed by atoms with Crippen LogP contribution >= 0.6 is 11.8 Å². The zero-order valence-corrected chi connectivity index (χ0v) is 26.1. The molecule has 44 heavy (non-hydrogen) atoms. The Kier molecular flexibility index (Phi) is 10.2. The van der Waals surface area contributed by atoms with E-state index in [1.807, 2.05) is 32.9 Å². The molecule has 2 aliphatic heterocycles. The normalized spacial score (nSPS) is 19.7. The number of hydrogen-bond donors (Lipinski definition) is 1. The van der Waals surface area contributed by atoms with Gasteiger partial charge in [-0.3, -0.25) is 24.5 Å². The number of carbonyl (C=O) groups is 2. The minimum atomic E-state index is -0.695. The summed E-state index contributed by atoms with van der Waals surface area (Å²) in [6.07, 6.45) is 2.87. The topological polar surface area (TPSA) is 78.0 Å². The molecule has 5 rings (SSSR count). The van der Waals surface area contributed by atoms with Crippen LogP contribution in [0, 0.1) is 11.6 Å². The number of halogens is 2. The van der Waals surface area contributed by atoms with E-state index < -0.39 is 17.7 Å². The molecule has 1 N–H and O–H groups in total. The molecule has 8 nitrogen and oxygen atoms in total. The Balaban J connectivity index is 1.17. The van der Waals surface area contributed by atoms with Gasteiger partial charge in [-0.15, -0.1) is 11.8 Å². The van der Waals surface area contributed by atoms with Gasteiger partial charge < -0.3 is 10.1 Å². The highest BCUT2D eigenvalue weighted by molar-refractivity contribution is 7.99. The summed E-state index contributed by atoms with van der Waals surface area (Å²) in [5.74, 6) is -0.341. The van der Waals surface area contributed by atoms with E-state index in [4.69, 9.17) is 4.74 Å². The monoisotopic (exact) mass is 623 g/mol. The summed E-state index contributed by atoms with van der Waals surface area (Å²) in [5, 5.41) is 2.68. The summed E-state index contributed by atoms with van der Waals surface area (Å²) in [7, 11) is 0. The van der Waals surface area contributed by atoms with Gasteiger partial charge >= 0.3 is 6.09 Å². The van der Waals surface area contributed by atoms with E-state index in [2.05, 4.69) is 20.1 Å². The highest BCUT2D eigenvalue weighted by atomic mass is 32.2. The standard InChI is InChI=1S/C33H39F2N5O3S/c1-33(2,3)43-32(42)40-28(22-44-31(40)25-5-4-14-36-21-25)30(41)37-15-16-38-17-19-39(20-18-38)29(23-6-10-26(34)11-7-23)24-8-12-27(35)13-9-24/h4-14,21,28-29,31H,15-20,22H2,1-3H3,(H,37,41)/t28-,31?/m0/s1. The van der Waals surface area contributed by atoms with Crippen LogP contribution in [0.15, 0.2) is 73.1 Å². The van der Waals surface area contributed by atoms with Crippen molar-refractivity contribution in [3.63, 3.8) is 0 Å². The van der Waals surface area contributed by atoms with E-state index in [1.54, 1.807) is 36.7 Å². The third-order valence-corrected chi connectivity index (χ3v) is 9.07. The summed E-state index contributed by atoms with van der Waals surface area (Å²) in [6, 6.07) is 15.9. The van der Waals surface area contributed by atoms with E-state index >= 15 is 0 Å². The molecule has 3 heterocycles. The number of hydrogen-bond acceptors (Lipinski definition) is 7. The third-order valence-electron chi connectivity index (χ3n) is 7.75. The van der Waals surface area contributed by atoms with Crippen molar-refractivity contribution in [3.05, 3.63) is 101 Å². The lowest BCUT2D eigenvalue weighted by Gasteiger charge is -2.40. The first-order valence-corrected chi connectivity index (χ1v) is 15.9. The zero-order valence-electron chi connectivity index (χ0n) is 25.3. The molecule has 2 atom stereocenters. The van der Waals surface area contributed by atoms with Crippen LogP contribution in [0.2, 0.25) is 0 Å². The van der Waals surface area contributed by atoms with Gasteiger partial charge in [-0.1, -0.05) is 30.3 Å². The Morgan fingerprint density at radius 2 is 1.59 bits per heavy atom. The number of rotatable bonds is 8. The van der Waals surface area contributed by atoms with Crippen LogP contribution in [0.1, 0.15) is 48.9 Å². The summed E-state index contributed by atoms with van der Waals surface area (Å²) >= 11 is 1.52. The van der Waals surface area contributed by atoms with E-state index in [-0.39, 0.29) is 29.0 Å². The number of ether oxygens (including phenoxy) is 1. The van der Waals surface area contributed by atoms with Gasteiger partial charge in [-0.2, -0.15) is 0 Å². The average molecular weight is 624 g/mol. The Hall–Kier alpha value is -3.54. The van der Waals surface area contributed by atoms with Gasteiger partial charge in [-0.25, -0.2) is 13.6 Å². The molecule has 0 aliphatic carbocycles. The number of thioether (sulfide) groups is 1. The molecular formula is C33H39F2N5O3S. The number of aromatic nitrogens is 1. The molecule has 2 saturated heterocycles. The molecule has 3 aromatic rings. The highest BCUT2D eigenvalue weighted by Crippen LogP contribution is 2.42. The molecule has 2 aromatic carbocycles. The maximum absolute atomic E-state index is 13.7. The van der Waals surface area contributed by atoms with Crippen molar-refractivity contribution >= 4 is 23.8 Å². The van der Waals surface area contributed by atoms with Gasteiger partial charge in [0.2, 0.25) is 5.91 Å². The Morgan fingerprint density at radius 3 is 2.14 bits per heavy atom. The van der Waals surface area contributed by atoms with Gasteiger partial charge in [0.05, 0.1) is 6.04 Å². The number of carbonyl (C=O) groups excluding carboxylic acids is 2. The SMILES string of the molecule is CC(C)(C)OC(=O)N1C(c2cccnc2)SC[C@H]1C(=O)NCCN1CCN(C(c2ccc(F)cc2)c2ccc(F)cc2)CC1. The fourth-order valence-electron chi connectivity index (χ4n) is 5.63. The zero-order chi connectivity index (χ0) is 31.3. The van der Waals surface area contributed by atoms with Crippen LogP contribution in [0.4, 0.5) is 13.6 Å². The van der Waals surface area contributed by atoms with Crippen molar-refractivity contribution in [2.45, 2.75) is 43.8 Å². The van der Waals surface area contributed by atoms with Crippen LogP contribution < -0.4 is 5.32 Å². The second-order valence-electron chi connectivity index (χ2n) is 12.0. The lowest BCUT2D eigenvalue weighted by molar-refractivity contribution is -0.125. The minimum Gasteiger partial charge on any atom is -0.444 e. The van der Waals surface area contributed by atoms with E-state index in [0.29, 0.717) is 18.8 Å². The van der Waals surface area contributed by atoms with Gasteiger partial charge in [-0.05, 0) is 62.2 Å². The first-order chi connectivity index (χ1) is 21.1. The third kappa shape index (κ3) is 7.94. The Labute approximate surface area is 261 Å². The molecule has 11 heteroatoms. The van der Waals surface area contributed by atoms with Crippen LogP contribution in [0.3, 0.4) is 0 Å². The summed E-state index contributed by atoms with van der Waals surface area (Å²) in [6.45, 7) is 9.60. The first-order valence-electron chi connectivity index (χ1n) is 14.9. The average Bonchev–Trinajstić information content (AvgIpc) is 3.45. The summed E-state index contributed by atoms with van der Waals surface area (Å²) in [4.78, 5) is 37.0. The number of nitrogens with one attached hydrogen (secondary N) is 1. The molecule has 0 radical (unpaired) electrons. The number of amides is 2. The molecule has 0 spiro atoms. The lowest BCUT2D eigenvalue weighted by Crippen LogP contribution is -2.52. The molecule has 1 unspecified atom stereocenters. The second kappa shape index (κ2) is 14.0. The van der Waals surface area contributed by atoms with Gasteiger partial charge in [0.1, 0.15) is 28.7 Å². The van der Waals surface area contributed by atoms with Gasteiger partial charge in [0.25, 0.3) is 0 Å². The van der Waals surface area contributed by atoms with Gasteiger partial charge in [0.15, 0.2) is 0 Å². The molecule has 0 bridgehead atoms. The molecule has 2 amide bonds. The fourth-order valence-corrected chi connectivity index (χ4v) is 7.03. The molecule has 234 valence electrons. The van der Waals surface area contributed by atoms with Crippen molar-refractivity contribution in [2.24, 2.45) is 0 Å². The van der Waals surface area contributed by atoms with Crippen molar-refractivity contribution in [1.82, 2.24) is 25.0 Å². The van der Waals surface area contributed by atoms with Crippen LogP contribution in [0.5, 0.6) is 0 Å². The Morgan fingerprint density at radius 1 is 0.977 bits per heavy atom. The Bertz CT molecular complexity index is 1350. The van der Waals surface area contributed by atoms with Crippen LogP contribution in [-0.2, 0) is 9.53 Å². The van der Waals surface area contributed by atoms with Crippen molar-refractivity contribution in [3.8, 4) is 0 Å². The van der Waals surface area contributed by atoms with Crippen LogP contribution in [-0.4, -0.2) is 88.3 Å². The van der Waals surface area contributed by atoms with E-state index in [0.717, 1.165) is 42.9 Å². The number of pyridine rings is 1.